The van der Waals surface area contributed by atoms with Gasteiger partial charge in [-0.3, -0.25) is 9.59 Å². The first-order valence-corrected chi connectivity index (χ1v) is 5.78. The van der Waals surface area contributed by atoms with Crippen LogP contribution in [-0.4, -0.2) is 35.0 Å². The van der Waals surface area contributed by atoms with Crippen molar-refractivity contribution in [2.75, 3.05) is 6.50 Å². The molecule has 0 fully saturated rings. The van der Waals surface area contributed by atoms with Crippen molar-refractivity contribution in [1.82, 2.24) is 10.3 Å². The Morgan fingerprint density at radius 2 is 2.45 bits per heavy atom. The summed E-state index contributed by atoms with van der Waals surface area (Å²) in [4.78, 5) is 27.5. The maximum absolute atomic E-state index is 12.6. The van der Waals surface area contributed by atoms with Crippen LogP contribution in [0.5, 0.6) is 5.75 Å². The molecule has 1 aromatic heterocycles. The van der Waals surface area contributed by atoms with E-state index in [4.69, 9.17) is 29.6 Å². The van der Waals surface area contributed by atoms with Crippen molar-refractivity contribution in [3.8, 4) is 16.9 Å². The van der Waals surface area contributed by atoms with Crippen LogP contribution in [0.4, 0.5) is 0 Å². The summed E-state index contributed by atoms with van der Waals surface area (Å²) in [5, 5.41) is 6.31. The summed E-state index contributed by atoms with van der Waals surface area (Å²) in [6.45, 7) is -6.69. The second kappa shape index (κ2) is 6.44. The van der Waals surface area contributed by atoms with Gasteiger partial charge < -0.3 is 15.5 Å². The lowest BCUT2D eigenvalue weighted by Crippen LogP contribution is -2.29. The van der Waals surface area contributed by atoms with Gasteiger partial charge in [-0.25, -0.2) is 4.98 Å². The third-order valence-corrected chi connectivity index (χ3v) is 2.41. The summed E-state index contributed by atoms with van der Waals surface area (Å²) in [6.07, 6.45) is -1.09. The molecule has 0 saturated heterocycles. The molecular formula is C15H13ClN2O4. The van der Waals surface area contributed by atoms with Crippen LogP contribution in [0.3, 0.4) is 0 Å². The molecule has 114 valence electrons. The Morgan fingerprint density at radius 1 is 1.59 bits per heavy atom. The summed E-state index contributed by atoms with van der Waals surface area (Å²) >= 11 is 5.88. The number of aromatic hydroxyl groups is 1. The number of hydrogen-bond acceptors (Lipinski definition) is 5. The number of carbonyl (C=O) groups excluding carboxylic acids is 1. The van der Waals surface area contributed by atoms with Crippen molar-refractivity contribution in [2.24, 2.45) is 0 Å². The second-order valence-corrected chi connectivity index (χ2v) is 4.03. The van der Waals surface area contributed by atoms with Gasteiger partial charge in [0, 0.05) is 20.9 Å². The van der Waals surface area contributed by atoms with Crippen LogP contribution in [0.2, 0.25) is 6.43 Å². The topological polar surface area (TPSA) is 99.5 Å². The van der Waals surface area contributed by atoms with Crippen LogP contribution in [0.15, 0.2) is 30.3 Å². The Hall–Kier alpha value is -2.60. The van der Waals surface area contributed by atoms with E-state index in [9.17, 15) is 9.59 Å². The van der Waals surface area contributed by atoms with E-state index >= 15 is 0 Å². The Morgan fingerprint density at radius 3 is 3.18 bits per heavy atom. The van der Waals surface area contributed by atoms with Crippen molar-refractivity contribution in [3.63, 3.8) is 0 Å². The number of rotatable bonds is 5. The molecule has 0 unspecified atom stereocenters. The number of hydrogen-bond donors (Lipinski definition) is 3. The van der Waals surface area contributed by atoms with Gasteiger partial charge in [-0.15, -0.1) is 0 Å². The number of amides is 1. The molecule has 2 rings (SSSR count). The van der Waals surface area contributed by atoms with E-state index < -0.39 is 94.0 Å². The van der Waals surface area contributed by atoms with Gasteiger partial charge in [-0.2, -0.15) is 0 Å². The zero-order valence-electron chi connectivity index (χ0n) is 23.4. The Bertz CT molecular complexity index is 1220. The molecule has 7 heteroatoms. The third-order valence-electron chi connectivity index (χ3n) is 2.22. The van der Waals surface area contributed by atoms with Gasteiger partial charge in [0.1, 0.15) is 12.2 Å². The third kappa shape index (κ3) is 3.53. The van der Waals surface area contributed by atoms with Crippen LogP contribution >= 0.6 is 11.6 Å². The molecule has 0 aliphatic rings. The number of nitrogens with one attached hydrogen (secondary N) is 1. The van der Waals surface area contributed by atoms with E-state index in [2.05, 4.69) is 15.2 Å². The van der Waals surface area contributed by atoms with Gasteiger partial charge in [0.05, 0.1) is 9.60 Å². The highest BCUT2D eigenvalue weighted by atomic mass is 35.5. The first kappa shape index (κ1) is 5.89. The summed E-state index contributed by atoms with van der Waals surface area (Å²) in [5.41, 5.74) is -3.73. The molecule has 0 aliphatic carbocycles. The lowest BCUT2D eigenvalue weighted by atomic mass is 10.0. The van der Waals surface area contributed by atoms with Crippen LogP contribution in [0, 0.1) is 6.85 Å². The normalized spacial score (nSPS) is 19.6. The van der Waals surface area contributed by atoms with Crippen molar-refractivity contribution in [2.45, 2.75) is 6.85 Å². The molecule has 6 nitrogen and oxygen atoms in total. The quantitative estimate of drug-likeness (QED) is 0.779. The van der Waals surface area contributed by atoms with E-state index in [0.29, 0.717) is 0 Å². The van der Waals surface area contributed by atoms with E-state index in [0.717, 1.165) is 0 Å². The van der Waals surface area contributed by atoms with Crippen molar-refractivity contribution in [3.05, 3.63) is 46.6 Å². The minimum Gasteiger partial charge on any atom is -0.505 e. The largest absolute Gasteiger partial charge is 0.505 e. The lowest BCUT2D eigenvalue weighted by molar-refractivity contribution is -0.135. The zero-order valence-corrected chi connectivity index (χ0v) is 11.2. The van der Waals surface area contributed by atoms with Gasteiger partial charge in [0.15, 0.2) is 7.11 Å². The number of pyridine rings is 1. The number of aliphatic carboxylic acids is 1. The number of carbonyl (C=O) groups is 2. The van der Waals surface area contributed by atoms with E-state index in [-0.39, 0.29) is 0 Å². The van der Waals surface area contributed by atoms with Crippen LogP contribution in [0.25, 0.3) is 12.6 Å². The van der Waals surface area contributed by atoms with Crippen molar-refractivity contribution < 1.29 is 34.9 Å². The SMILES string of the molecule is [2H]OC(=O)C([2H])([2H])N([2H])C(=O)c1nc([2H])c(-c2c([2H])c(Cl)c([2H])c([2H])c2C([2H])([2H])[2H])c([2H])c1O[2H]. The lowest BCUT2D eigenvalue weighted by Gasteiger charge is -2.09. The van der Waals surface area contributed by atoms with Crippen molar-refractivity contribution in [1.29, 1.82) is 2.86 Å². The zero-order chi connectivity index (χ0) is 27.2. The van der Waals surface area contributed by atoms with E-state index in [1.54, 1.807) is 0 Å². The monoisotopic (exact) mass is 333 g/mol. The Kier molecular flexibility index (Phi) is 1.72. The number of nitrogens with zero attached hydrogens (tertiary/aromatic N) is 1. The van der Waals surface area contributed by atoms with Crippen LogP contribution in [-0.2, 0) is 4.79 Å². The molecule has 0 radical (unpaired) electrons. The summed E-state index contributed by atoms with van der Waals surface area (Å²) in [7, 11) is 0. The molecular weight excluding hydrogens is 308 g/mol. The Labute approximate surface area is 149 Å². The fourth-order valence-electron chi connectivity index (χ4n) is 1.35. The molecule has 22 heavy (non-hydrogen) atoms. The molecule has 0 aliphatic heterocycles. The molecule has 0 atom stereocenters. The molecule has 3 N–H and O–H groups in total. The molecule has 1 aromatic carbocycles. The van der Waals surface area contributed by atoms with Crippen LogP contribution < -0.4 is 5.31 Å². The van der Waals surface area contributed by atoms with Gasteiger partial charge in [-0.1, -0.05) is 17.6 Å². The van der Waals surface area contributed by atoms with Gasteiger partial charge in [0.2, 0.25) is 0 Å². The predicted molar refractivity (Wildman–Crippen MR) is 81.1 cm³/mol. The molecule has 1 amide bonds. The second-order valence-electron chi connectivity index (χ2n) is 3.66. The average molecular weight is 334 g/mol. The molecule has 0 saturated carbocycles. The maximum atomic E-state index is 12.6. The number of aromatic nitrogens is 1. The summed E-state index contributed by atoms with van der Waals surface area (Å²) < 4.78 is 99.7. The highest BCUT2D eigenvalue weighted by Gasteiger charge is 2.15. The van der Waals surface area contributed by atoms with Gasteiger partial charge in [0.25, 0.3) is 8.77 Å². The van der Waals surface area contributed by atoms with Gasteiger partial charge in [-0.05, 0) is 36.1 Å². The maximum Gasteiger partial charge on any atom is 0.322 e. The molecule has 0 spiro atoms. The Balaban J connectivity index is 2.93. The van der Waals surface area contributed by atoms with Gasteiger partial charge >= 0.3 is 5.97 Å². The number of carboxylic acids is 1. The minimum atomic E-state index is -3.54. The fourth-order valence-corrected chi connectivity index (χ4v) is 1.49. The summed E-state index contributed by atoms with van der Waals surface area (Å²) in [6, 6.07) is -3.70. The highest BCUT2D eigenvalue weighted by Crippen LogP contribution is 2.29. The smallest absolute Gasteiger partial charge is 0.322 e. The van der Waals surface area contributed by atoms with Crippen molar-refractivity contribution >= 4 is 23.5 Å². The van der Waals surface area contributed by atoms with E-state index in [1.165, 1.54) is 0 Å². The number of benzene rings is 1. The molecule has 2 aromatic rings. The minimum absolute atomic E-state index is 0.634. The first-order valence-electron chi connectivity index (χ1n) is 11.7. The average Bonchev–Trinajstić information content (AvgIpc) is 2.77. The first-order chi connectivity index (χ1) is 15.9. The molecule has 0 bridgehead atoms. The van der Waals surface area contributed by atoms with Crippen LogP contribution in [0.1, 0.15) is 29.8 Å². The molecule has 1 heterocycles. The highest BCUT2D eigenvalue weighted by molar-refractivity contribution is 6.30. The van der Waals surface area contributed by atoms with E-state index in [1.807, 2.05) is 0 Å². The predicted octanol–water partition coefficient (Wildman–Crippen LogP) is 2.23. The standard InChI is InChI=1S/C15H13ClN2O4/c1-8-2-3-10(16)5-11(8)9-4-12(19)14(17-6-9)15(22)18-7-13(20)21/h2-6,19H,7H2,1H3,(H,18,22)(H,20,21)/i1D3,2D,3D,4D,5D,6D,7D2/hD3. The number of halogens is 1. The fraction of sp³-hybridized carbons (Fsp3) is 0.133. The number of carboxylic acid groups (broad SMARTS) is 1. The summed E-state index contributed by atoms with van der Waals surface area (Å²) in [5.74, 6) is -4.90.